The number of aromatic nitrogens is 4. The van der Waals surface area contributed by atoms with E-state index in [2.05, 4.69) is 19.9 Å². The van der Waals surface area contributed by atoms with Crippen LogP contribution in [0.15, 0.2) is 0 Å². The van der Waals surface area contributed by atoms with Gasteiger partial charge in [0.15, 0.2) is 11.2 Å². The van der Waals surface area contributed by atoms with Crippen LogP contribution in [-0.2, 0) is 11.0 Å². The quantitative estimate of drug-likeness (QED) is 0.757. The molecule has 92 valence electrons. The van der Waals surface area contributed by atoms with E-state index >= 15 is 0 Å². The van der Waals surface area contributed by atoms with E-state index in [1.807, 2.05) is 6.92 Å². The monoisotopic (exact) mass is 266 g/mol. The third-order valence-electron chi connectivity index (χ3n) is 2.59. The highest BCUT2D eigenvalue weighted by atomic mass is 31.2. The lowest BCUT2D eigenvalue weighted by atomic mass is 10.2. The third kappa shape index (κ3) is 1.23. The number of phosphoric acid groups is 1. The summed E-state index contributed by atoms with van der Waals surface area (Å²) in [6.07, 6.45) is 1.50. The second-order valence-corrected chi connectivity index (χ2v) is 5.37. The van der Waals surface area contributed by atoms with Crippen LogP contribution in [0.5, 0.6) is 17.8 Å². The van der Waals surface area contributed by atoms with E-state index in [0.29, 0.717) is 23.3 Å². The molecule has 5 bridgehead atoms. The highest BCUT2D eigenvalue weighted by Crippen LogP contribution is 2.55. The van der Waals surface area contributed by atoms with Crippen LogP contribution in [-0.4, -0.2) is 19.9 Å². The van der Waals surface area contributed by atoms with Crippen LogP contribution >= 0.6 is 7.82 Å². The van der Waals surface area contributed by atoms with Gasteiger partial charge in [-0.2, -0.15) is 14.5 Å². The van der Waals surface area contributed by atoms with Gasteiger partial charge >= 0.3 is 13.8 Å². The minimum Gasteiger partial charge on any atom is -0.365 e. The lowest BCUT2D eigenvalue weighted by molar-refractivity contribution is 0.270. The lowest BCUT2D eigenvalue weighted by Crippen LogP contribution is -2.12. The molecule has 0 aromatic carbocycles. The lowest BCUT2D eigenvalue weighted by Gasteiger charge is -2.17. The van der Waals surface area contributed by atoms with E-state index in [0.717, 1.165) is 6.42 Å². The summed E-state index contributed by atoms with van der Waals surface area (Å²) in [6, 6.07) is -0.0590. The summed E-state index contributed by atoms with van der Waals surface area (Å²) in [6.45, 7) is 2.00. The molecule has 0 aliphatic carbocycles. The van der Waals surface area contributed by atoms with Crippen molar-refractivity contribution in [2.45, 2.75) is 19.8 Å². The Bertz CT molecular complexity index is 734. The van der Waals surface area contributed by atoms with Gasteiger partial charge in [0.1, 0.15) is 5.69 Å². The predicted octanol–water partition coefficient (Wildman–Crippen LogP) is 1.64. The number of fused-ring (bicyclic) bond motifs is 3. The summed E-state index contributed by atoms with van der Waals surface area (Å²) in [5.41, 5.74) is 1.30. The maximum atomic E-state index is 12.2. The van der Waals surface area contributed by atoms with E-state index < -0.39 is 7.82 Å². The van der Waals surface area contributed by atoms with Crippen LogP contribution in [0.3, 0.4) is 0 Å². The Morgan fingerprint density at radius 1 is 1.06 bits per heavy atom. The summed E-state index contributed by atoms with van der Waals surface area (Å²) in [4.78, 5) is 16.5. The highest BCUT2D eigenvalue weighted by Gasteiger charge is 2.44. The summed E-state index contributed by atoms with van der Waals surface area (Å²) in [5.74, 6) is 0.265. The molecule has 0 saturated carbocycles. The first-order chi connectivity index (χ1) is 8.67. The molecule has 0 amide bonds. The second kappa shape index (κ2) is 3.08. The zero-order valence-corrected chi connectivity index (χ0v) is 10.2. The van der Waals surface area contributed by atoms with Crippen LogP contribution < -0.4 is 13.6 Å². The zero-order valence-electron chi connectivity index (χ0n) is 9.28. The zero-order chi connectivity index (χ0) is 12.3. The molecule has 1 atom stereocenters. The molecule has 2 aliphatic rings. The Hall–Kier alpha value is -1.95. The fraction of sp³-hybridized carbons (Fsp3) is 0.333. The van der Waals surface area contributed by atoms with E-state index in [1.54, 1.807) is 0 Å². The molecule has 18 heavy (non-hydrogen) atoms. The summed E-state index contributed by atoms with van der Waals surface area (Å²) in [7, 11) is -3.76. The van der Waals surface area contributed by atoms with Crippen molar-refractivity contribution < 1.29 is 18.1 Å². The van der Waals surface area contributed by atoms with Gasteiger partial charge in [0.05, 0.1) is 0 Å². The summed E-state index contributed by atoms with van der Waals surface area (Å²) >= 11 is 0. The first-order valence-corrected chi connectivity index (χ1v) is 6.90. The number of nitrogens with zero attached hydrogens (tertiary/aromatic N) is 4. The molecule has 8 nitrogen and oxygen atoms in total. The largest absolute Gasteiger partial charge is 0.652 e. The Morgan fingerprint density at radius 3 is 2.72 bits per heavy atom. The van der Waals surface area contributed by atoms with Crippen LogP contribution in [0.4, 0.5) is 0 Å². The maximum absolute atomic E-state index is 12.2. The fourth-order valence-electron chi connectivity index (χ4n) is 1.87. The number of rotatable bonds is 2. The number of hydrogen-bond donors (Lipinski definition) is 0. The smallest absolute Gasteiger partial charge is 0.365 e. The van der Waals surface area contributed by atoms with Crippen molar-refractivity contribution in [3.05, 3.63) is 5.69 Å². The van der Waals surface area contributed by atoms with E-state index in [1.165, 1.54) is 0 Å². The molecule has 0 N–H and O–H groups in total. The average molecular weight is 266 g/mol. The normalized spacial score (nSPS) is 22.7. The molecule has 0 radical (unpaired) electrons. The van der Waals surface area contributed by atoms with Gasteiger partial charge in [-0.05, 0) is 6.42 Å². The predicted molar refractivity (Wildman–Crippen MR) is 58.6 cm³/mol. The Labute approximate surface area is 101 Å². The third-order valence-corrected chi connectivity index (χ3v) is 3.77. The number of aryl methyl sites for hydroxylation is 1. The van der Waals surface area contributed by atoms with Crippen LogP contribution in [0.25, 0.3) is 11.2 Å². The minimum atomic E-state index is -3.76. The summed E-state index contributed by atoms with van der Waals surface area (Å²) in [5, 5.41) is 0. The second-order valence-electron chi connectivity index (χ2n) is 3.93. The number of hydrogen-bond acceptors (Lipinski definition) is 8. The van der Waals surface area contributed by atoms with Crippen molar-refractivity contribution >= 4 is 19.0 Å². The van der Waals surface area contributed by atoms with Gasteiger partial charge in [-0.25, -0.2) is 9.97 Å². The number of phosphoric ester groups is 1. The maximum Gasteiger partial charge on any atom is 0.652 e. The van der Waals surface area contributed by atoms with Gasteiger partial charge in [-0.3, -0.25) is 0 Å². The van der Waals surface area contributed by atoms with Gasteiger partial charge in [0.25, 0.3) is 5.88 Å². The molecule has 2 aromatic heterocycles. The highest BCUT2D eigenvalue weighted by molar-refractivity contribution is 7.49. The summed E-state index contributed by atoms with van der Waals surface area (Å²) < 4.78 is 27.6. The molecule has 0 saturated heterocycles. The van der Waals surface area contributed by atoms with Gasteiger partial charge in [-0.1, -0.05) is 13.3 Å². The molecule has 4 heterocycles. The van der Waals surface area contributed by atoms with Crippen molar-refractivity contribution in [1.82, 2.24) is 19.9 Å². The van der Waals surface area contributed by atoms with Crippen molar-refractivity contribution in [3.8, 4) is 17.8 Å². The first kappa shape index (κ1) is 10.0. The van der Waals surface area contributed by atoms with Crippen molar-refractivity contribution in [3.63, 3.8) is 0 Å². The molecule has 0 fully saturated rings. The molecular weight excluding hydrogens is 259 g/mol. The van der Waals surface area contributed by atoms with Crippen molar-refractivity contribution in [1.29, 1.82) is 0 Å². The van der Waals surface area contributed by atoms with Crippen LogP contribution in [0.2, 0.25) is 0 Å². The molecule has 4 rings (SSSR count). The first-order valence-electron chi connectivity index (χ1n) is 5.44. The topological polar surface area (TPSA) is 96.3 Å². The van der Waals surface area contributed by atoms with Crippen molar-refractivity contribution in [2.24, 2.45) is 0 Å². The van der Waals surface area contributed by atoms with E-state index in [4.69, 9.17) is 13.6 Å². The molecule has 9 heteroatoms. The minimum absolute atomic E-state index is 0.0590. The van der Waals surface area contributed by atoms with E-state index in [-0.39, 0.29) is 17.8 Å². The van der Waals surface area contributed by atoms with Crippen LogP contribution in [0.1, 0.15) is 19.0 Å². The molecule has 1 unspecified atom stereocenters. The van der Waals surface area contributed by atoms with Gasteiger partial charge in [-0.15, -0.1) is 0 Å². The SMILES string of the molecule is CCCc1nc2nc3nc4c2nc1OP(=O)(O3)O4. The van der Waals surface area contributed by atoms with E-state index in [9.17, 15) is 4.57 Å². The van der Waals surface area contributed by atoms with Crippen molar-refractivity contribution in [2.75, 3.05) is 0 Å². The average Bonchev–Trinajstić information content (AvgIpc) is 2.32. The Kier molecular flexibility index (Phi) is 1.71. The standard InChI is InChI=1S/C9H7N4O4P/c1-2-3-4-7-11-5-6(10-4)12-9-13-8(5)16-18(14,15-7)17-9/h2-3H2,1H3. The molecule has 2 aliphatic heterocycles. The fourth-order valence-corrected chi connectivity index (χ4v) is 2.96. The van der Waals surface area contributed by atoms with Gasteiger partial charge < -0.3 is 13.6 Å². The molecular formula is C9H7N4O4P. The van der Waals surface area contributed by atoms with Gasteiger partial charge in [0.2, 0.25) is 5.88 Å². The Balaban J connectivity index is 2.10. The van der Waals surface area contributed by atoms with Crippen LogP contribution in [0, 0.1) is 0 Å². The Morgan fingerprint density at radius 2 is 1.89 bits per heavy atom. The molecule has 2 aromatic rings. The van der Waals surface area contributed by atoms with Gasteiger partial charge in [0, 0.05) is 0 Å². The molecule has 0 spiro atoms.